The lowest BCUT2D eigenvalue weighted by atomic mass is 9.93. The van der Waals surface area contributed by atoms with Crippen LogP contribution in [0.4, 0.5) is 32.2 Å². The molecule has 1 aliphatic carbocycles. The Kier molecular flexibility index (Phi) is 10.7. The summed E-state index contributed by atoms with van der Waals surface area (Å²) in [6.45, 7) is 3.25. The number of anilines is 1. The van der Waals surface area contributed by atoms with Crippen LogP contribution in [0.5, 0.6) is 0 Å². The summed E-state index contributed by atoms with van der Waals surface area (Å²) in [5, 5.41) is 26.3. The molecule has 5 N–H and O–H groups in total. The molecule has 20 heteroatoms. The highest BCUT2D eigenvalue weighted by molar-refractivity contribution is 7.90. The minimum Gasteiger partial charge on any atom is -0.378 e. The number of aliphatic hydroxyl groups is 1. The van der Waals surface area contributed by atoms with Gasteiger partial charge >= 0.3 is 0 Å². The number of benzene rings is 2. The first-order chi connectivity index (χ1) is 26.0. The number of aromatic nitrogens is 5. The molecule has 12 nitrogen and oxygen atoms in total. The minimum absolute atomic E-state index is 0.00532. The van der Waals surface area contributed by atoms with Gasteiger partial charge in [0, 0.05) is 36.2 Å². The van der Waals surface area contributed by atoms with Crippen molar-refractivity contribution in [3.05, 3.63) is 93.0 Å². The Labute approximate surface area is 321 Å². The number of carbonyl (C=O) groups is 1. The molecule has 1 amide bonds. The van der Waals surface area contributed by atoms with E-state index in [0.29, 0.717) is 16.3 Å². The van der Waals surface area contributed by atoms with Crippen molar-refractivity contribution in [2.24, 2.45) is 12.2 Å². The Hall–Kier alpha value is -5.16. The van der Waals surface area contributed by atoms with Crippen LogP contribution in [0.15, 0.2) is 42.5 Å². The van der Waals surface area contributed by atoms with E-state index in [-0.39, 0.29) is 56.2 Å². The standard InChI is InChI=1S/C36H33ClF6N8O4S/c1-17-15-36(42,43)32-27(17)30(33(40)41)47-51(32)16-26(52)46-25(13-18-11-19(38)14-20(39)12-18)29-22(6-5-21(45-29)9-10-35(2,3)53)23-7-8-24(37)28-31(23)50(4)48-34(28)49-56(44,54)55/h5-8,11-12,14,17,25,33,53H,13,15-16H2,1-4H3,(H,46,52)(H,48,49)(H2,44,54,55). The zero-order valence-electron chi connectivity index (χ0n) is 29.9. The molecule has 3 heterocycles. The van der Waals surface area contributed by atoms with Gasteiger partial charge in [-0.15, -0.1) is 0 Å². The van der Waals surface area contributed by atoms with Crippen LogP contribution in [-0.2, 0) is 40.9 Å². The maximum atomic E-state index is 15.2. The Morgan fingerprint density at radius 1 is 1.11 bits per heavy atom. The summed E-state index contributed by atoms with van der Waals surface area (Å²) in [5.41, 5.74) is -2.65. The maximum Gasteiger partial charge on any atom is 0.297 e. The lowest BCUT2D eigenvalue weighted by molar-refractivity contribution is -0.122. The molecule has 56 heavy (non-hydrogen) atoms. The number of aryl methyl sites for hydroxylation is 1. The number of rotatable bonds is 10. The monoisotopic (exact) mass is 822 g/mol. The summed E-state index contributed by atoms with van der Waals surface area (Å²) in [4.78, 5) is 18.6. The van der Waals surface area contributed by atoms with E-state index in [2.05, 4.69) is 37.1 Å². The first kappa shape index (κ1) is 40.5. The van der Waals surface area contributed by atoms with Gasteiger partial charge in [-0.3, -0.25) is 18.9 Å². The molecule has 0 saturated heterocycles. The zero-order chi connectivity index (χ0) is 41.1. The molecular weight excluding hydrogens is 790 g/mol. The number of pyridine rings is 1. The van der Waals surface area contributed by atoms with Crippen molar-refractivity contribution in [1.29, 1.82) is 0 Å². The van der Waals surface area contributed by atoms with Gasteiger partial charge in [-0.2, -0.15) is 27.4 Å². The Balaban J connectivity index is 1.54. The number of nitrogens with zero attached hydrogens (tertiary/aromatic N) is 5. The second-order valence-electron chi connectivity index (χ2n) is 13.9. The fourth-order valence-corrected chi connectivity index (χ4v) is 7.49. The molecule has 2 unspecified atom stereocenters. The molecule has 0 aliphatic heterocycles. The second kappa shape index (κ2) is 14.7. The van der Waals surface area contributed by atoms with Crippen molar-refractivity contribution < 1.29 is 44.7 Å². The van der Waals surface area contributed by atoms with Crippen LogP contribution in [0.25, 0.3) is 22.0 Å². The average molecular weight is 823 g/mol. The third kappa shape index (κ3) is 8.48. The molecule has 2 aromatic carbocycles. The number of nitrogens with two attached hydrogens (primary N) is 1. The van der Waals surface area contributed by atoms with E-state index in [0.717, 1.165) is 12.1 Å². The van der Waals surface area contributed by atoms with E-state index in [1.165, 1.54) is 50.7 Å². The van der Waals surface area contributed by atoms with Crippen molar-refractivity contribution in [2.75, 3.05) is 4.72 Å². The third-order valence-corrected chi connectivity index (χ3v) is 9.63. The summed E-state index contributed by atoms with van der Waals surface area (Å²) in [6.07, 6.45) is -4.34. The van der Waals surface area contributed by atoms with Crippen LogP contribution in [0, 0.1) is 23.5 Å². The number of hydrogen-bond acceptors (Lipinski definition) is 7. The SMILES string of the molecule is CC1CC(F)(F)c2c1c(C(F)F)nn2CC(=O)NC(Cc1cc(F)cc(F)c1)c1nc(C#CC(C)(C)O)ccc1-c1ccc(Cl)c2c(NS(N)(=O)=O)nn(C)c12. The van der Waals surface area contributed by atoms with Crippen molar-refractivity contribution in [1.82, 2.24) is 29.9 Å². The van der Waals surface area contributed by atoms with E-state index < -0.39 is 82.0 Å². The van der Waals surface area contributed by atoms with Crippen molar-refractivity contribution >= 4 is 44.4 Å². The van der Waals surface area contributed by atoms with Crippen LogP contribution in [-0.4, -0.2) is 49.6 Å². The van der Waals surface area contributed by atoms with E-state index in [1.807, 2.05) is 0 Å². The minimum atomic E-state index is -4.33. The second-order valence-corrected chi connectivity index (χ2v) is 15.6. The summed E-state index contributed by atoms with van der Waals surface area (Å²) in [5.74, 6) is -2.31. The Morgan fingerprint density at radius 3 is 2.39 bits per heavy atom. The Morgan fingerprint density at radius 2 is 1.77 bits per heavy atom. The van der Waals surface area contributed by atoms with E-state index >= 15 is 8.78 Å². The molecule has 3 aromatic heterocycles. The van der Waals surface area contributed by atoms with Crippen LogP contribution >= 0.6 is 11.6 Å². The fraction of sp³-hybridized carbons (Fsp3) is 0.333. The average Bonchev–Trinajstić information content (AvgIpc) is 3.68. The molecule has 0 radical (unpaired) electrons. The molecule has 0 saturated carbocycles. The Bertz CT molecular complexity index is 2540. The van der Waals surface area contributed by atoms with Crippen LogP contribution < -0.4 is 15.2 Å². The van der Waals surface area contributed by atoms with Gasteiger partial charge in [0.1, 0.15) is 40.9 Å². The molecule has 5 aromatic rings. The van der Waals surface area contributed by atoms with Gasteiger partial charge in [-0.25, -0.2) is 27.7 Å². The number of hydrogen-bond donors (Lipinski definition) is 4. The maximum absolute atomic E-state index is 15.2. The number of alkyl halides is 4. The topological polar surface area (TPSA) is 170 Å². The molecule has 0 spiro atoms. The van der Waals surface area contributed by atoms with Crippen LogP contribution in [0.1, 0.15) is 79.5 Å². The lowest BCUT2D eigenvalue weighted by Gasteiger charge is -2.23. The van der Waals surface area contributed by atoms with Gasteiger partial charge < -0.3 is 10.4 Å². The van der Waals surface area contributed by atoms with Crippen LogP contribution in [0.3, 0.4) is 0 Å². The molecule has 0 fully saturated rings. The molecule has 6 rings (SSSR count). The molecular formula is C36H33ClF6N8O4S. The fourth-order valence-electron chi connectivity index (χ4n) is 6.84. The normalized spacial score (nSPS) is 15.8. The number of amides is 1. The first-order valence-electron chi connectivity index (χ1n) is 16.7. The largest absolute Gasteiger partial charge is 0.378 e. The number of carbonyl (C=O) groups excluding carboxylic acids is 1. The van der Waals surface area contributed by atoms with E-state index in [4.69, 9.17) is 16.7 Å². The summed E-state index contributed by atoms with van der Waals surface area (Å²) < 4.78 is 115. The van der Waals surface area contributed by atoms with Gasteiger partial charge in [0.15, 0.2) is 5.82 Å². The molecule has 296 valence electrons. The highest BCUT2D eigenvalue weighted by Crippen LogP contribution is 2.51. The van der Waals surface area contributed by atoms with Crippen molar-refractivity contribution in [3.8, 4) is 23.0 Å². The lowest BCUT2D eigenvalue weighted by Crippen LogP contribution is -2.35. The highest BCUT2D eigenvalue weighted by Gasteiger charge is 2.50. The predicted molar refractivity (Wildman–Crippen MR) is 194 cm³/mol. The van der Waals surface area contributed by atoms with Crippen molar-refractivity contribution in [2.45, 2.75) is 70.1 Å². The van der Waals surface area contributed by atoms with Gasteiger partial charge in [0.2, 0.25) is 5.91 Å². The van der Waals surface area contributed by atoms with Crippen molar-refractivity contribution in [3.63, 3.8) is 0 Å². The molecule has 2 atom stereocenters. The molecule has 0 bridgehead atoms. The quantitative estimate of drug-likeness (QED) is 0.0969. The summed E-state index contributed by atoms with van der Waals surface area (Å²) in [7, 11) is -2.85. The van der Waals surface area contributed by atoms with Crippen LogP contribution in [0.2, 0.25) is 5.02 Å². The van der Waals surface area contributed by atoms with E-state index in [1.54, 1.807) is 6.07 Å². The zero-order valence-corrected chi connectivity index (χ0v) is 31.5. The summed E-state index contributed by atoms with van der Waals surface area (Å²) >= 11 is 6.53. The van der Waals surface area contributed by atoms with E-state index in [9.17, 15) is 35.9 Å². The first-order valence-corrected chi connectivity index (χ1v) is 18.7. The van der Waals surface area contributed by atoms with Gasteiger partial charge in [-0.05, 0) is 68.0 Å². The van der Waals surface area contributed by atoms with Gasteiger partial charge in [0.05, 0.1) is 27.7 Å². The number of halogens is 7. The third-order valence-electron chi connectivity index (χ3n) is 8.83. The highest BCUT2D eigenvalue weighted by atomic mass is 35.5. The number of nitrogens with one attached hydrogen (secondary N) is 2. The number of fused-ring (bicyclic) bond motifs is 2. The molecule has 1 aliphatic rings. The predicted octanol–water partition coefficient (Wildman–Crippen LogP) is 6.14. The van der Waals surface area contributed by atoms with Gasteiger partial charge in [-0.1, -0.05) is 30.5 Å². The summed E-state index contributed by atoms with van der Waals surface area (Å²) in [6, 6.07) is 7.26. The smallest absolute Gasteiger partial charge is 0.297 e. The van der Waals surface area contributed by atoms with Gasteiger partial charge in [0.25, 0.3) is 22.6 Å².